The molecule has 2 rings (SSSR count). The first kappa shape index (κ1) is 28.5. The van der Waals surface area contributed by atoms with Crippen LogP contribution in [0.15, 0.2) is 47.6 Å². The Labute approximate surface area is 184 Å². The van der Waals surface area contributed by atoms with Crippen LogP contribution in [-0.4, -0.2) is 24.3 Å². The van der Waals surface area contributed by atoms with Crippen molar-refractivity contribution in [1.82, 2.24) is 9.97 Å². The SMILES string of the molecule is C.C.CCCC(CC)C(=O)Nc1ccc(S(=O)(=O)[N-]c2ncccn2)cc1.[Ag]. The van der Waals surface area contributed by atoms with E-state index in [1.54, 1.807) is 18.2 Å². The van der Waals surface area contributed by atoms with Crippen LogP contribution in [0.1, 0.15) is 48.0 Å². The van der Waals surface area contributed by atoms with E-state index in [0.29, 0.717) is 5.69 Å². The Bertz CT molecular complexity index is 800. The predicted molar refractivity (Wildman–Crippen MR) is 109 cm³/mol. The van der Waals surface area contributed by atoms with Crippen molar-refractivity contribution in [2.24, 2.45) is 5.92 Å². The first-order valence-electron chi connectivity index (χ1n) is 8.12. The second-order valence-corrected chi connectivity index (χ2v) is 7.13. The van der Waals surface area contributed by atoms with Gasteiger partial charge in [-0.1, -0.05) is 41.2 Å². The number of amides is 1. The molecule has 1 aromatic carbocycles. The van der Waals surface area contributed by atoms with Gasteiger partial charge in [0.2, 0.25) is 15.9 Å². The monoisotopic (exact) mass is 500 g/mol. The molecule has 0 spiro atoms. The van der Waals surface area contributed by atoms with Gasteiger partial charge in [0.1, 0.15) is 0 Å². The van der Waals surface area contributed by atoms with Crippen LogP contribution in [0, 0.1) is 5.92 Å². The molecule has 0 bridgehead atoms. The summed E-state index contributed by atoms with van der Waals surface area (Å²) in [4.78, 5) is 19.8. The minimum absolute atomic E-state index is 0. The maximum Gasteiger partial charge on any atom is 0.229 e. The Hall–Kier alpha value is -1.74. The summed E-state index contributed by atoms with van der Waals surface area (Å²) in [6.07, 6.45) is 5.36. The van der Waals surface area contributed by atoms with Crippen molar-refractivity contribution < 1.29 is 35.6 Å². The van der Waals surface area contributed by atoms with Crippen LogP contribution >= 0.6 is 0 Å². The molecule has 0 aliphatic heterocycles. The normalized spacial score (nSPS) is 11.1. The van der Waals surface area contributed by atoms with Gasteiger partial charge in [0.15, 0.2) is 0 Å². The third-order valence-corrected chi connectivity index (χ3v) is 4.95. The van der Waals surface area contributed by atoms with E-state index in [1.807, 2.05) is 13.8 Å². The maximum atomic E-state index is 12.2. The van der Waals surface area contributed by atoms with Crippen molar-refractivity contribution in [3.8, 4) is 0 Å². The zero-order chi connectivity index (χ0) is 18.3. The Morgan fingerprint density at radius 2 is 1.68 bits per heavy atom. The molecule has 7 nitrogen and oxygen atoms in total. The molecule has 161 valence electrons. The number of rotatable bonds is 8. The zero-order valence-electron chi connectivity index (χ0n) is 14.5. The van der Waals surface area contributed by atoms with Crippen molar-refractivity contribution in [2.75, 3.05) is 5.32 Å². The van der Waals surface area contributed by atoms with Crippen molar-refractivity contribution in [1.29, 1.82) is 0 Å². The number of anilines is 1. The Balaban J connectivity index is 0. The summed E-state index contributed by atoms with van der Waals surface area (Å²) in [7, 11) is -3.90. The van der Waals surface area contributed by atoms with E-state index in [0.717, 1.165) is 19.3 Å². The quantitative estimate of drug-likeness (QED) is 0.518. The largest absolute Gasteiger partial charge is 0.366 e. The Morgan fingerprint density at radius 3 is 2.18 bits per heavy atom. The van der Waals surface area contributed by atoms with Crippen molar-refractivity contribution in [2.45, 2.75) is 52.9 Å². The molecule has 2 aromatic rings. The van der Waals surface area contributed by atoms with Crippen LogP contribution in [-0.2, 0) is 37.2 Å². The number of nitrogens with one attached hydrogen (secondary N) is 1. The Morgan fingerprint density at radius 1 is 1.11 bits per heavy atom. The minimum Gasteiger partial charge on any atom is -0.366 e. The molecule has 1 heterocycles. The summed E-state index contributed by atoms with van der Waals surface area (Å²) in [6, 6.07) is 7.47. The van der Waals surface area contributed by atoms with E-state index >= 15 is 0 Å². The maximum absolute atomic E-state index is 12.2. The van der Waals surface area contributed by atoms with E-state index < -0.39 is 10.0 Å². The van der Waals surface area contributed by atoms with Crippen LogP contribution in [0.25, 0.3) is 4.72 Å². The molecule has 1 radical (unpaired) electrons. The molecular formula is C19H29AgN4O3S-. The van der Waals surface area contributed by atoms with Crippen LogP contribution < -0.4 is 5.32 Å². The molecule has 28 heavy (non-hydrogen) atoms. The van der Waals surface area contributed by atoms with E-state index in [4.69, 9.17) is 0 Å². The van der Waals surface area contributed by atoms with Crippen LogP contribution in [0.3, 0.4) is 0 Å². The number of benzene rings is 1. The topological polar surface area (TPSA) is 103 Å². The van der Waals surface area contributed by atoms with E-state index in [1.165, 1.54) is 24.5 Å². The summed E-state index contributed by atoms with van der Waals surface area (Å²) in [5, 5.41) is 2.82. The molecule has 1 aromatic heterocycles. The molecule has 1 unspecified atom stereocenters. The number of aromatic nitrogens is 2. The number of nitrogens with zero attached hydrogens (tertiary/aromatic N) is 3. The average Bonchev–Trinajstić information content (AvgIpc) is 2.60. The van der Waals surface area contributed by atoms with Gasteiger partial charge in [0, 0.05) is 39.9 Å². The molecule has 0 saturated carbocycles. The van der Waals surface area contributed by atoms with Gasteiger partial charge < -0.3 is 15.3 Å². The fourth-order valence-corrected chi connectivity index (χ4v) is 3.22. The summed E-state index contributed by atoms with van der Waals surface area (Å²) < 4.78 is 28.1. The molecule has 1 N–H and O–H groups in total. The molecule has 0 saturated heterocycles. The van der Waals surface area contributed by atoms with Gasteiger partial charge in [-0.15, -0.1) is 0 Å². The fraction of sp³-hybridized carbons (Fsp3) is 0.421. The summed E-state index contributed by atoms with van der Waals surface area (Å²) in [5.74, 6) is -0.216. The van der Waals surface area contributed by atoms with Crippen LogP contribution in [0.4, 0.5) is 11.6 Å². The molecule has 0 fully saturated rings. The zero-order valence-corrected chi connectivity index (χ0v) is 16.8. The smallest absolute Gasteiger partial charge is 0.229 e. The van der Waals surface area contributed by atoms with E-state index in [2.05, 4.69) is 20.0 Å². The van der Waals surface area contributed by atoms with E-state index in [-0.39, 0.29) is 59.9 Å². The molecule has 1 amide bonds. The third-order valence-electron chi connectivity index (χ3n) is 3.67. The summed E-state index contributed by atoms with van der Waals surface area (Å²) >= 11 is 0. The van der Waals surface area contributed by atoms with E-state index in [9.17, 15) is 13.2 Å². The first-order chi connectivity index (χ1) is 12.0. The second kappa shape index (κ2) is 13.4. The number of hydrogen-bond donors (Lipinski definition) is 1. The van der Waals surface area contributed by atoms with Crippen LogP contribution in [0.2, 0.25) is 0 Å². The number of sulfonamides is 1. The van der Waals surface area contributed by atoms with Gasteiger partial charge in [-0.25, -0.2) is 8.42 Å². The standard InChI is InChI=1S/C17H22N4O3S.2CH4.Ag/c1-3-6-13(4-2)16(22)20-14-7-9-15(10-8-14)25(23,24)21-17-18-11-5-12-19-17;;;/h5,7-13H,3-4,6H2,1-2H3,(H2,18,19,20,21,22);2*1H4;/p-1. The van der Waals surface area contributed by atoms with Crippen molar-refractivity contribution in [3.63, 3.8) is 0 Å². The summed E-state index contributed by atoms with van der Waals surface area (Å²) in [6.45, 7) is 4.01. The minimum atomic E-state index is -3.90. The van der Waals surface area contributed by atoms with Crippen molar-refractivity contribution in [3.05, 3.63) is 47.4 Å². The van der Waals surface area contributed by atoms with Gasteiger partial charge in [-0.05, 0) is 49.5 Å². The van der Waals surface area contributed by atoms with Gasteiger partial charge in [0.25, 0.3) is 0 Å². The molecule has 0 aliphatic rings. The van der Waals surface area contributed by atoms with Gasteiger partial charge in [-0.3, -0.25) is 9.52 Å². The fourth-order valence-electron chi connectivity index (χ4n) is 2.32. The predicted octanol–water partition coefficient (Wildman–Crippen LogP) is 4.91. The number of carbonyl (C=O) groups is 1. The molecular weight excluding hydrogens is 472 g/mol. The Kier molecular flexibility index (Phi) is 13.7. The van der Waals surface area contributed by atoms with Crippen molar-refractivity contribution >= 4 is 27.6 Å². The summed E-state index contributed by atoms with van der Waals surface area (Å²) in [5.41, 5.74) is 0.550. The van der Waals surface area contributed by atoms with Gasteiger partial charge in [0.05, 0.1) is 4.90 Å². The number of hydrogen-bond acceptors (Lipinski definition) is 5. The van der Waals surface area contributed by atoms with Gasteiger partial charge in [-0.2, -0.15) is 0 Å². The van der Waals surface area contributed by atoms with Gasteiger partial charge >= 0.3 is 0 Å². The molecule has 0 aliphatic carbocycles. The first-order valence-corrected chi connectivity index (χ1v) is 9.56. The molecule has 1 atom stereocenters. The number of carbonyl (C=O) groups excluding carboxylic acids is 1. The second-order valence-electron chi connectivity index (χ2n) is 5.52. The molecule has 9 heteroatoms. The average molecular weight is 501 g/mol. The third kappa shape index (κ3) is 8.10. The van der Waals surface area contributed by atoms with Crippen LogP contribution in [0.5, 0.6) is 0 Å².